The maximum atomic E-state index is 11.7. The molecular weight excluding hydrogens is 300 g/mol. The van der Waals surface area contributed by atoms with Crippen molar-refractivity contribution in [3.63, 3.8) is 0 Å². The number of nitrogens with one attached hydrogen (secondary N) is 2. The lowest BCUT2D eigenvalue weighted by molar-refractivity contribution is -0.123. The standard InChI is InChI=1S/C16H14N2O5/c1-3-7-23-12-6-5-10(9-13(12)22-4-2)8-11-14(19)17-16(21)18-15(11)20/h1,5-6,8-9H,4,7H2,2H3,(H2,17,18,19,20,21). The lowest BCUT2D eigenvalue weighted by atomic mass is 10.1. The molecule has 0 bridgehead atoms. The number of rotatable bonds is 5. The third-order valence-electron chi connectivity index (χ3n) is 2.83. The highest BCUT2D eigenvalue weighted by molar-refractivity contribution is 6.31. The average molecular weight is 314 g/mol. The average Bonchev–Trinajstić information content (AvgIpc) is 2.50. The van der Waals surface area contributed by atoms with Crippen molar-refractivity contribution in [2.24, 2.45) is 0 Å². The highest BCUT2D eigenvalue weighted by Crippen LogP contribution is 2.29. The molecule has 1 fully saturated rings. The van der Waals surface area contributed by atoms with Gasteiger partial charge in [0.25, 0.3) is 11.8 Å². The number of carbonyl (C=O) groups excluding carboxylic acids is 3. The van der Waals surface area contributed by atoms with Crippen LogP contribution in [0.4, 0.5) is 4.79 Å². The summed E-state index contributed by atoms with van der Waals surface area (Å²) < 4.78 is 10.8. The number of imide groups is 2. The molecule has 0 spiro atoms. The Morgan fingerprint density at radius 1 is 1.13 bits per heavy atom. The van der Waals surface area contributed by atoms with E-state index in [0.717, 1.165) is 0 Å². The summed E-state index contributed by atoms with van der Waals surface area (Å²) in [4.78, 5) is 34.4. The minimum Gasteiger partial charge on any atom is -0.490 e. The molecule has 1 aliphatic heterocycles. The van der Waals surface area contributed by atoms with E-state index < -0.39 is 17.8 Å². The molecule has 1 heterocycles. The monoisotopic (exact) mass is 314 g/mol. The number of benzene rings is 1. The van der Waals surface area contributed by atoms with Gasteiger partial charge < -0.3 is 9.47 Å². The number of barbiturate groups is 1. The molecule has 0 atom stereocenters. The summed E-state index contributed by atoms with van der Waals surface area (Å²) in [5.41, 5.74) is 0.362. The summed E-state index contributed by atoms with van der Waals surface area (Å²) >= 11 is 0. The second-order valence-electron chi connectivity index (χ2n) is 4.43. The minimum absolute atomic E-state index is 0.0907. The molecule has 1 aliphatic rings. The van der Waals surface area contributed by atoms with Crippen LogP contribution in [0, 0.1) is 12.3 Å². The largest absolute Gasteiger partial charge is 0.490 e. The number of hydrogen-bond donors (Lipinski definition) is 2. The van der Waals surface area contributed by atoms with Gasteiger partial charge in [-0.2, -0.15) is 0 Å². The first kappa shape index (κ1) is 16.1. The van der Waals surface area contributed by atoms with Crippen LogP contribution in [0.3, 0.4) is 0 Å². The molecule has 0 radical (unpaired) electrons. The zero-order valence-electron chi connectivity index (χ0n) is 12.3. The molecule has 1 saturated heterocycles. The van der Waals surface area contributed by atoms with Crippen LogP contribution in [-0.2, 0) is 9.59 Å². The van der Waals surface area contributed by atoms with Gasteiger partial charge in [-0.1, -0.05) is 12.0 Å². The number of hydrogen-bond acceptors (Lipinski definition) is 5. The number of urea groups is 1. The van der Waals surface area contributed by atoms with Crippen molar-refractivity contribution in [2.75, 3.05) is 13.2 Å². The molecule has 7 nitrogen and oxygen atoms in total. The maximum Gasteiger partial charge on any atom is 0.328 e. The first-order valence-corrected chi connectivity index (χ1v) is 6.76. The fourth-order valence-electron chi connectivity index (χ4n) is 1.89. The van der Waals surface area contributed by atoms with E-state index in [9.17, 15) is 14.4 Å². The van der Waals surface area contributed by atoms with Gasteiger partial charge >= 0.3 is 6.03 Å². The summed E-state index contributed by atoms with van der Waals surface area (Å²) in [6, 6.07) is 4.03. The molecular formula is C16H14N2O5. The lowest BCUT2D eigenvalue weighted by Gasteiger charge is -2.14. The van der Waals surface area contributed by atoms with Gasteiger partial charge in [0, 0.05) is 0 Å². The third-order valence-corrected chi connectivity index (χ3v) is 2.83. The van der Waals surface area contributed by atoms with Gasteiger partial charge in [-0.05, 0) is 30.7 Å². The predicted octanol–water partition coefficient (Wildman–Crippen LogP) is 0.847. The molecule has 0 aliphatic carbocycles. The highest BCUT2D eigenvalue weighted by atomic mass is 16.5. The number of amides is 4. The summed E-state index contributed by atoms with van der Waals surface area (Å²) in [5.74, 6) is 1.73. The second-order valence-corrected chi connectivity index (χ2v) is 4.43. The smallest absolute Gasteiger partial charge is 0.328 e. The van der Waals surface area contributed by atoms with Gasteiger partial charge in [-0.25, -0.2) is 4.79 Å². The van der Waals surface area contributed by atoms with Crippen LogP contribution in [0.2, 0.25) is 0 Å². The van der Waals surface area contributed by atoms with Crippen LogP contribution >= 0.6 is 0 Å². The minimum atomic E-state index is -0.842. The lowest BCUT2D eigenvalue weighted by Crippen LogP contribution is -2.51. The van der Waals surface area contributed by atoms with E-state index in [1.807, 2.05) is 17.6 Å². The molecule has 7 heteroatoms. The van der Waals surface area contributed by atoms with Crippen LogP contribution in [0.5, 0.6) is 11.5 Å². The normalized spacial score (nSPS) is 13.7. The molecule has 0 aromatic heterocycles. The molecule has 1 aromatic carbocycles. The Hall–Kier alpha value is -3.27. The van der Waals surface area contributed by atoms with Crippen molar-refractivity contribution in [2.45, 2.75) is 6.92 Å². The van der Waals surface area contributed by atoms with E-state index >= 15 is 0 Å². The van der Waals surface area contributed by atoms with Crippen molar-refractivity contribution in [3.05, 3.63) is 29.3 Å². The molecule has 2 rings (SSSR count). The van der Waals surface area contributed by atoms with Crippen molar-refractivity contribution >= 4 is 23.9 Å². The molecule has 0 saturated carbocycles. The van der Waals surface area contributed by atoms with Crippen molar-refractivity contribution in [1.29, 1.82) is 0 Å². The summed E-state index contributed by atoms with van der Waals surface area (Å²) in [6.07, 6.45) is 6.51. The molecule has 118 valence electrons. The molecule has 23 heavy (non-hydrogen) atoms. The first-order valence-electron chi connectivity index (χ1n) is 6.76. The van der Waals surface area contributed by atoms with Gasteiger partial charge in [0.2, 0.25) is 0 Å². The van der Waals surface area contributed by atoms with E-state index in [0.29, 0.717) is 23.7 Å². The van der Waals surface area contributed by atoms with Gasteiger partial charge in [0.15, 0.2) is 11.5 Å². The highest BCUT2D eigenvalue weighted by Gasteiger charge is 2.27. The fraction of sp³-hybridized carbons (Fsp3) is 0.188. The molecule has 2 N–H and O–H groups in total. The van der Waals surface area contributed by atoms with E-state index in [1.54, 1.807) is 18.2 Å². The SMILES string of the molecule is C#CCOc1ccc(C=C2C(=O)NC(=O)NC2=O)cc1OCC. The Morgan fingerprint density at radius 3 is 2.43 bits per heavy atom. The van der Waals surface area contributed by atoms with Crippen molar-refractivity contribution < 1.29 is 23.9 Å². The molecule has 0 unspecified atom stereocenters. The number of terminal acetylenes is 1. The summed E-state index contributed by atoms with van der Waals surface area (Å²) in [5, 5.41) is 4.01. The van der Waals surface area contributed by atoms with Gasteiger partial charge in [-0.3, -0.25) is 20.2 Å². The van der Waals surface area contributed by atoms with E-state index in [-0.39, 0.29) is 12.2 Å². The zero-order valence-corrected chi connectivity index (χ0v) is 12.3. The molecule has 1 aromatic rings. The summed E-state index contributed by atoms with van der Waals surface area (Å²) in [7, 11) is 0. The Labute approximate surface area is 132 Å². The van der Waals surface area contributed by atoms with Crippen LogP contribution in [0.15, 0.2) is 23.8 Å². The van der Waals surface area contributed by atoms with Gasteiger partial charge in [-0.15, -0.1) is 6.42 Å². The maximum absolute atomic E-state index is 11.7. The Kier molecular flexibility index (Phi) is 5.00. The molecule has 4 amide bonds. The fourth-order valence-corrected chi connectivity index (χ4v) is 1.89. The Balaban J connectivity index is 2.32. The van der Waals surface area contributed by atoms with Gasteiger partial charge in [0.1, 0.15) is 12.2 Å². The van der Waals surface area contributed by atoms with Gasteiger partial charge in [0.05, 0.1) is 6.61 Å². The summed E-state index contributed by atoms with van der Waals surface area (Å²) in [6.45, 7) is 2.30. The van der Waals surface area contributed by atoms with E-state index in [4.69, 9.17) is 15.9 Å². The number of carbonyl (C=O) groups is 3. The van der Waals surface area contributed by atoms with E-state index in [2.05, 4.69) is 5.92 Å². The first-order chi connectivity index (χ1) is 11.0. The number of ether oxygens (including phenoxy) is 2. The third kappa shape index (κ3) is 3.89. The second kappa shape index (κ2) is 7.13. The van der Waals surface area contributed by atoms with Crippen LogP contribution < -0.4 is 20.1 Å². The quantitative estimate of drug-likeness (QED) is 0.477. The van der Waals surface area contributed by atoms with Crippen molar-refractivity contribution in [1.82, 2.24) is 10.6 Å². The predicted molar refractivity (Wildman–Crippen MR) is 81.6 cm³/mol. The van der Waals surface area contributed by atoms with Crippen LogP contribution in [-0.4, -0.2) is 31.1 Å². The zero-order chi connectivity index (χ0) is 16.8. The van der Waals surface area contributed by atoms with Crippen molar-refractivity contribution in [3.8, 4) is 23.8 Å². The topological polar surface area (TPSA) is 93.7 Å². The van der Waals surface area contributed by atoms with Crippen LogP contribution in [0.1, 0.15) is 12.5 Å². The Morgan fingerprint density at radius 2 is 1.83 bits per heavy atom. The van der Waals surface area contributed by atoms with E-state index in [1.165, 1.54) is 6.08 Å². The Bertz CT molecular complexity index is 708. The van der Waals surface area contributed by atoms with Crippen LogP contribution in [0.25, 0.3) is 6.08 Å².